The predicted molar refractivity (Wildman–Crippen MR) is 72.4 cm³/mol. The van der Waals surface area contributed by atoms with Crippen molar-refractivity contribution in [1.82, 2.24) is 9.97 Å². The largest absolute Gasteiger partial charge is 0.482 e. The van der Waals surface area contributed by atoms with E-state index >= 15 is 0 Å². The summed E-state index contributed by atoms with van der Waals surface area (Å²) in [6.45, 7) is 2.07. The van der Waals surface area contributed by atoms with Gasteiger partial charge in [0.1, 0.15) is 5.75 Å². The summed E-state index contributed by atoms with van der Waals surface area (Å²) in [7, 11) is 0. The number of ether oxygens (including phenoxy) is 1. The molecule has 1 aromatic carbocycles. The fourth-order valence-electron chi connectivity index (χ4n) is 2.40. The molecule has 1 N–H and O–H groups in total. The van der Waals surface area contributed by atoms with E-state index < -0.39 is 0 Å². The zero-order valence-electron chi connectivity index (χ0n) is 10.8. The zero-order chi connectivity index (χ0) is 13.2. The van der Waals surface area contributed by atoms with Crippen molar-refractivity contribution in [2.75, 3.05) is 0 Å². The summed E-state index contributed by atoms with van der Waals surface area (Å²) < 4.78 is 5.85. The van der Waals surface area contributed by atoms with E-state index in [0.717, 1.165) is 36.3 Å². The van der Waals surface area contributed by atoms with Gasteiger partial charge in [-0.15, -0.1) is 0 Å². The number of nitrogens with one attached hydrogen (secondary N) is 1. The molecule has 0 aliphatic carbocycles. The lowest BCUT2D eigenvalue weighted by molar-refractivity contribution is 0.226. The average molecular weight is 256 g/mol. The van der Waals surface area contributed by atoms with Gasteiger partial charge < -0.3 is 9.72 Å². The third-order valence-electron chi connectivity index (χ3n) is 3.27. The van der Waals surface area contributed by atoms with Gasteiger partial charge in [-0.2, -0.15) is 0 Å². The lowest BCUT2D eigenvalue weighted by Crippen LogP contribution is -2.17. The molecule has 4 nitrogen and oxygen atoms in total. The fraction of sp³-hybridized carbons (Fsp3) is 0.333. The number of para-hydroxylation sites is 1. The summed E-state index contributed by atoms with van der Waals surface area (Å²) in [6, 6.07) is 9.50. The summed E-state index contributed by atoms with van der Waals surface area (Å²) in [5.74, 6) is 1.52. The first-order valence-corrected chi connectivity index (χ1v) is 6.61. The SMILES string of the molecule is CCCc1cc(=O)[nH]c(C2Cc3ccccc3O2)n1. The number of aromatic nitrogens is 2. The second-order valence-corrected chi connectivity index (χ2v) is 4.79. The van der Waals surface area contributed by atoms with Crippen LogP contribution in [-0.2, 0) is 12.8 Å². The van der Waals surface area contributed by atoms with Gasteiger partial charge in [0.25, 0.3) is 5.56 Å². The van der Waals surface area contributed by atoms with E-state index in [-0.39, 0.29) is 11.7 Å². The maximum atomic E-state index is 11.7. The van der Waals surface area contributed by atoms with Crippen molar-refractivity contribution in [2.45, 2.75) is 32.3 Å². The molecule has 0 fully saturated rings. The van der Waals surface area contributed by atoms with E-state index in [2.05, 4.69) is 16.9 Å². The van der Waals surface area contributed by atoms with Gasteiger partial charge in [0.05, 0.1) is 0 Å². The van der Waals surface area contributed by atoms with Gasteiger partial charge in [-0.25, -0.2) is 4.98 Å². The molecule has 19 heavy (non-hydrogen) atoms. The molecule has 1 aromatic heterocycles. The Morgan fingerprint density at radius 3 is 3.05 bits per heavy atom. The van der Waals surface area contributed by atoms with Gasteiger partial charge >= 0.3 is 0 Å². The fourth-order valence-corrected chi connectivity index (χ4v) is 2.40. The van der Waals surface area contributed by atoms with Gasteiger partial charge in [-0.3, -0.25) is 4.79 Å². The molecule has 0 radical (unpaired) electrons. The first kappa shape index (κ1) is 12.0. The van der Waals surface area contributed by atoms with Crippen molar-refractivity contribution >= 4 is 0 Å². The second kappa shape index (κ2) is 4.88. The van der Waals surface area contributed by atoms with Gasteiger partial charge in [-0.05, 0) is 18.1 Å². The molecule has 1 aliphatic heterocycles. The topological polar surface area (TPSA) is 55.0 Å². The van der Waals surface area contributed by atoms with E-state index in [9.17, 15) is 4.79 Å². The normalized spacial score (nSPS) is 17.0. The highest BCUT2D eigenvalue weighted by Gasteiger charge is 2.26. The minimum absolute atomic E-state index is 0.104. The molecule has 0 saturated carbocycles. The van der Waals surface area contributed by atoms with Crippen LogP contribution in [0.15, 0.2) is 35.1 Å². The van der Waals surface area contributed by atoms with Crippen LogP contribution in [0.1, 0.15) is 36.5 Å². The number of fused-ring (bicyclic) bond motifs is 1. The Morgan fingerprint density at radius 1 is 1.42 bits per heavy atom. The van der Waals surface area contributed by atoms with Crippen LogP contribution in [0.4, 0.5) is 0 Å². The molecule has 2 heterocycles. The molecule has 1 aliphatic rings. The predicted octanol–water partition coefficient (Wildman–Crippen LogP) is 2.40. The van der Waals surface area contributed by atoms with Gasteiger partial charge in [0.15, 0.2) is 11.9 Å². The lowest BCUT2D eigenvalue weighted by Gasteiger charge is -2.10. The van der Waals surface area contributed by atoms with Crippen LogP contribution in [0.25, 0.3) is 0 Å². The molecule has 4 heteroatoms. The Kier molecular flexibility index (Phi) is 3.07. The summed E-state index contributed by atoms with van der Waals surface area (Å²) in [4.78, 5) is 19.0. The molecule has 1 unspecified atom stereocenters. The van der Waals surface area contributed by atoms with Crippen LogP contribution in [0, 0.1) is 0 Å². The number of benzene rings is 1. The third-order valence-corrected chi connectivity index (χ3v) is 3.27. The van der Waals surface area contributed by atoms with Crippen LogP contribution in [0.2, 0.25) is 0 Å². The van der Waals surface area contributed by atoms with Gasteiger partial charge in [0, 0.05) is 18.2 Å². The number of aryl methyl sites for hydroxylation is 1. The van der Waals surface area contributed by atoms with Crippen molar-refractivity contribution in [3.05, 3.63) is 57.8 Å². The average Bonchev–Trinajstić information content (AvgIpc) is 2.82. The molecule has 98 valence electrons. The number of nitrogens with zero attached hydrogens (tertiary/aromatic N) is 1. The minimum atomic E-state index is -0.179. The molecule has 0 bridgehead atoms. The second-order valence-electron chi connectivity index (χ2n) is 4.79. The first-order valence-electron chi connectivity index (χ1n) is 6.61. The maximum absolute atomic E-state index is 11.7. The monoisotopic (exact) mass is 256 g/mol. The highest BCUT2D eigenvalue weighted by Crippen LogP contribution is 2.34. The van der Waals surface area contributed by atoms with Crippen LogP contribution in [-0.4, -0.2) is 9.97 Å². The van der Waals surface area contributed by atoms with E-state index in [1.165, 1.54) is 0 Å². The smallest absolute Gasteiger partial charge is 0.251 e. The number of H-pyrrole nitrogens is 1. The van der Waals surface area contributed by atoms with Crippen molar-refractivity contribution in [3.8, 4) is 5.75 Å². The molecule has 0 amide bonds. The van der Waals surface area contributed by atoms with Crippen LogP contribution in [0.3, 0.4) is 0 Å². The van der Waals surface area contributed by atoms with E-state index in [1.54, 1.807) is 6.07 Å². The van der Waals surface area contributed by atoms with E-state index in [1.807, 2.05) is 24.3 Å². The van der Waals surface area contributed by atoms with E-state index in [4.69, 9.17) is 4.74 Å². The quantitative estimate of drug-likeness (QED) is 0.917. The summed E-state index contributed by atoms with van der Waals surface area (Å²) >= 11 is 0. The number of hydrogen-bond acceptors (Lipinski definition) is 3. The third kappa shape index (κ3) is 2.38. The lowest BCUT2D eigenvalue weighted by atomic mass is 10.1. The Labute approximate surface area is 111 Å². The summed E-state index contributed by atoms with van der Waals surface area (Å²) in [5, 5.41) is 0. The number of aromatic amines is 1. The first-order chi connectivity index (χ1) is 9.26. The van der Waals surface area contributed by atoms with Crippen LogP contribution in [0.5, 0.6) is 5.75 Å². The van der Waals surface area contributed by atoms with Crippen molar-refractivity contribution in [3.63, 3.8) is 0 Å². The van der Waals surface area contributed by atoms with Gasteiger partial charge in [0.2, 0.25) is 0 Å². The number of rotatable bonds is 3. The van der Waals surface area contributed by atoms with Crippen molar-refractivity contribution in [2.24, 2.45) is 0 Å². The highest BCUT2D eigenvalue weighted by atomic mass is 16.5. The Balaban J connectivity index is 1.90. The standard InChI is InChI=1S/C15H16N2O2/c1-2-5-11-9-14(18)17-15(16-11)13-8-10-6-3-4-7-12(10)19-13/h3-4,6-7,9,13H,2,5,8H2,1H3,(H,16,17,18). The van der Waals surface area contributed by atoms with E-state index in [0.29, 0.717) is 5.82 Å². The van der Waals surface area contributed by atoms with Crippen molar-refractivity contribution in [1.29, 1.82) is 0 Å². The molecular formula is C15H16N2O2. The van der Waals surface area contributed by atoms with Crippen molar-refractivity contribution < 1.29 is 4.74 Å². The van der Waals surface area contributed by atoms with Crippen LogP contribution >= 0.6 is 0 Å². The molecular weight excluding hydrogens is 240 g/mol. The molecule has 1 atom stereocenters. The highest BCUT2D eigenvalue weighted by molar-refractivity contribution is 5.38. The summed E-state index contributed by atoms with van der Waals surface area (Å²) in [5.41, 5.74) is 1.89. The Morgan fingerprint density at radius 2 is 2.26 bits per heavy atom. The zero-order valence-corrected chi connectivity index (χ0v) is 10.8. The molecule has 0 spiro atoms. The molecule has 3 rings (SSSR count). The van der Waals surface area contributed by atoms with Crippen LogP contribution < -0.4 is 10.3 Å². The Bertz CT molecular complexity index is 624. The Hall–Kier alpha value is -2.10. The maximum Gasteiger partial charge on any atom is 0.251 e. The summed E-state index contributed by atoms with van der Waals surface area (Å²) in [6.07, 6.45) is 2.37. The van der Waals surface area contributed by atoms with Gasteiger partial charge in [-0.1, -0.05) is 31.5 Å². The molecule has 2 aromatic rings. The molecule has 0 saturated heterocycles. The minimum Gasteiger partial charge on any atom is -0.482 e. The number of hydrogen-bond donors (Lipinski definition) is 1.